The fraction of sp³-hybridized carbons (Fsp3) is 0.357. The van der Waals surface area contributed by atoms with Crippen LogP contribution in [0.2, 0.25) is 0 Å². The predicted octanol–water partition coefficient (Wildman–Crippen LogP) is 2.98. The Labute approximate surface area is 225 Å². The Morgan fingerprint density at radius 3 is 2.62 bits per heavy atom. The summed E-state index contributed by atoms with van der Waals surface area (Å²) in [5, 5.41) is 12.1. The number of primary amides is 1. The number of hydrogen-bond donors (Lipinski definition) is 2. The Kier molecular flexibility index (Phi) is 7.63. The lowest BCUT2D eigenvalue weighted by molar-refractivity contribution is -0.119. The van der Waals surface area contributed by atoms with Gasteiger partial charge in [0.2, 0.25) is 5.91 Å². The zero-order valence-electron chi connectivity index (χ0n) is 21.4. The molecule has 0 aromatic carbocycles. The van der Waals surface area contributed by atoms with E-state index in [-0.39, 0.29) is 18.0 Å². The van der Waals surface area contributed by atoms with Crippen LogP contribution in [-0.2, 0) is 11.2 Å². The molecule has 3 N–H and O–H groups in total. The summed E-state index contributed by atoms with van der Waals surface area (Å²) >= 11 is 0. The van der Waals surface area contributed by atoms with E-state index in [4.69, 9.17) is 11.0 Å². The number of pyridine rings is 3. The molecule has 11 heteroatoms. The lowest BCUT2D eigenvalue weighted by Gasteiger charge is -2.36. The van der Waals surface area contributed by atoms with E-state index in [1.165, 1.54) is 12.4 Å². The molecule has 5 rings (SSSR count). The van der Waals surface area contributed by atoms with E-state index in [0.717, 1.165) is 24.2 Å². The number of carbonyl (C=O) groups excluding carboxylic acids is 2. The molecule has 2 atom stereocenters. The van der Waals surface area contributed by atoms with Gasteiger partial charge in [0.1, 0.15) is 18.1 Å². The van der Waals surface area contributed by atoms with Crippen molar-refractivity contribution < 1.29 is 14.0 Å². The number of piperidine rings is 2. The number of halogens is 1. The van der Waals surface area contributed by atoms with E-state index in [0.29, 0.717) is 55.1 Å². The number of aromatic nitrogens is 3. The molecule has 0 bridgehead atoms. The minimum absolute atomic E-state index is 0.111. The normalized spacial score (nSPS) is 19.4. The van der Waals surface area contributed by atoms with Crippen LogP contribution >= 0.6 is 0 Å². The van der Waals surface area contributed by atoms with Crippen molar-refractivity contribution in [3.05, 3.63) is 71.4 Å². The summed E-state index contributed by atoms with van der Waals surface area (Å²) in [4.78, 5) is 41.0. The van der Waals surface area contributed by atoms with Crippen LogP contribution in [0.15, 0.2) is 48.9 Å². The monoisotopic (exact) mass is 528 g/mol. The molecule has 0 aliphatic carbocycles. The molecule has 200 valence electrons. The van der Waals surface area contributed by atoms with Gasteiger partial charge in [-0.3, -0.25) is 19.6 Å². The number of alkyl halides is 1. The minimum atomic E-state index is -1.24. The lowest BCUT2D eigenvalue weighted by atomic mass is 10.0. The zero-order valence-corrected chi connectivity index (χ0v) is 21.4. The van der Waals surface area contributed by atoms with Crippen LogP contribution in [0, 0.1) is 11.3 Å². The number of nitrogens with one attached hydrogen (secondary N) is 1. The summed E-state index contributed by atoms with van der Waals surface area (Å²) < 4.78 is 15.3. The number of amides is 2. The first-order valence-electron chi connectivity index (χ1n) is 13.0. The molecule has 0 unspecified atom stereocenters. The maximum absolute atomic E-state index is 15.3. The van der Waals surface area contributed by atoms with E-state index < -0.39 is 18.1 Å². The number of anilines is 3. The van der Waals surface area contributed by atoms with Crippen molar-refractivity contribution in [1.29, 1.82) is 5.26 Å². The average molecular weight is 529 g/mol. The number of carbonyl (C=O) groups is 2. The molecule has 3 aromatic rings. The van der Waals surface area contributed by atoms with Crippen molar-refractivity contribution >= 4 is 29.0 Å². The predicted molar refractivity (Wildman–Crippen MR) is 144 cm³/mol. The van der Waals surface area contributed by atoms with Crippen LogP contribution in [-0.4, -0.2) is 58.6 Å². The number of nitrogens with zero attached hydrogens (tertiary/aromatic N) is 6. The summed E-state index contributed by atoms with van der Waals surface area (Å²) in [5.41, 5.74) is 8.82. The van der Waals surface area contributed by atoms with Gasteiger partial charge in [-0.1, -0.05) is 0 Å². The highest BCUT2D eigenvalue weighted by Crippen LogP contribution is 2.26. The summed E-state index contributed by atoms with van der Waals surface area (Å²) in [5.74, 6) is 0.0718. The summed E-state index contributed by atoms with van der Waals surface area (Å²) in [6, 6.07) is 10.3. The second-order valence-corrected chi connectivity index (χ2v) is 9.79. The molecular formula is C28H29FN8O2. The topological polar surface area (TPSA) is 141 Å². The Bertz CT molecular complexity index is 1390. The fourth-order valence-electron chi connectivity index (χ4n) is 4.97. The molecule has 39 heavy (non-hydrogen) atoms. The molecule has 2 saturated heterocycles. The third-order valence-corrected chi connectivity index (χ3v) is 7.12. The molecule has 2 fully saturated rings. The average Bonchev–Trinajstić information content (AvgIpc) is 2.95. The minimum Gasteiger partial charge on any atom is -0.378 e. The van der Waals surface area contributed by atoms with Gasteiger partial charge in [0, 0.05) is 49.7 Å². The molecule has 2 amide bonds. The summed E-state index contributed by atoms with van der Waals surface area (Å²) in [6.45, 7) is 1.37. The van der Waals surface area contributed by atoms with Crippen LogP contribution in [0.25, 0.3) is 0 Å². The quantitative estimate of drug-likeness (QED) is 0.477. The second kappa shape index (κ2) is 11.4. The molecule has 3 aromatic heterocycles. The molecule has 0 radical (unpaired) electrons. The molecular weight excluding hydrogens is 499 g/mol. The van der Waals surface area contributed by atoms with Gasteiger partial charge in [0.05, 0.1) is 41.3 Å². The third-order valence-electron chi connectivity index (χ3n) is 7.12. The Morgan fingerprint density at radius 2 is 1.95 bits per heavy atom. The Hall–Kier alpha value is -4.59. The largest absolute Gasteiger partial charge is 0.378 e. The van der Waals surface area contributed by atoms with Crippen LogP contribution in [0.3, 0.4) is 0 Å². The molecule has 2 aliphatic heterocycles. The molecule has 0 spiro atoms. The first kappa shape index (κ1) is 26.0. The number of nitriles is 1. The maximum Gasteiger partial charge on any atom is 0.252 e. The molecule has 5 heterocycles. The van der Waals surface area contributed by atoms with Crippen LogP contribution in [0.1, 0.15) is 53.0 Å². The Balaban J connectivity index is 1.27. The molecule has 0 saturated carbocycles. The zero-order chi connectivity index (χ0) is 27.4. The van der Waals surface area contributed by atoms with Gasteiger partial charge in [0.15, 0.2) is 0 Å². The smallest absolute Gasteiger partial charge is 0.252 e. The van der Waals surface area contributed by atoms with Crippen LogP contribution in [0.5, 0.6) is 0 Å². The lowest BCUT2D eigenvalue weighted by Crippen LogP contribution is -2.48. The number of nitrogens with two attached hydrogens (primary N) is 1. The van der Waals surface area contributed by atoms with Gasteiger partial charge in [-0.25, -0.2) is 9.37 Å². The van der Waals surface area contributed by atoms with E-state index in [2.05, 4.69) is 20.3 Å². The van der Waals surface area contributed by atoms with Crippen molar-refractivity contribution in [1.82, 2.24) is 15.0 Å². The number of hydrogen-bond acceptors (Lipinski definition) is 8. The van der Waals surface area contributed by atoms with Crippen LogP contribution in [0.4, 0.5) is 21.6 Å². The standard InChI is InChI=1S/C28H29FN8O2/c29-23-17-36(26-7-4-18(13-30)14-34-26)10-8-24(23)35-25-12-20(33-16-22(25)28(31)39)11-19-5-6-21(15-32-19)37-9-2-1-3-27(37)38/h4-7,12,14-16,23-24H,1-3,8-11,17H2,(H2,31,39)(H,33,35)/t23-,24+/m0/s1. The van der Waals surface area contributed by atoms with Gasteiger partial charge < -0.3 is 20.9 Å². The molecule has 2 aliphatic rings. The second-order valence-electron chi connectivity index (χ2n) is 9.79. The van der Waals surface area contributed by atoms with Crippen molar-refractivity contribution in [2.24, 2.45) is 5.73 Å². The summed E-state index contributed by atoms with van der Waals surface area (Å²) in [6.07, 6.45) is 6.65. The Morgan fingerprint density at radius 1 is 1.10 bits per heavy atom. The SMILES string of the molecule is N#Cc1ccc(N2CC[C@@H](Nc3cc(Cc4ccc(N5CCCCC5=O)cn4)ncc3C(N)=O)[C@@H](F)C2)nc1. The molecule has 10 nitrogen and oxygen atoms in total. The maximum atomic E-state index is 15.3. The van der Waals surface area contributed by atoms with Crippen molar-refractivity contribution in [3.8, 4) is 6.07 Å². The van der Waals surface area contributed by atoms with Crippen molar-refractivity contribution in [3.63, 3.8) is 0 Å². The number of rotatable bonds is 7. The van der Waals surface area contributed by atoms with Gasteiger partial charge in [-0.15, -0.1) is 0 Å². The first-order valence-corrected chi connectivity index (χ1v) is 13.0. The van der Waals surface area contributed by atoms with Gasteiger partial charge in [0.25, 0.3) is 5.91 Å². The first-order chi connectivity index (χ1) is 18.9. The van der Waals surface area contributed by atoms with Crippen molar-refractivity contribution in [2.45, 2.75) is 44.3 Å². The van der Waals surface area contributed by atoms with E-state index in [1.807, 2.05) is 23.1 Å². The van der Waals surface area contributed by atoms with Crippen molar-refractivity contribution in [2.75, 3.05) is 34.8 Å². The third kappa shape index (κ3) is 5.95. The summed E-state index contributed by atoms with van der Waals surface area (Å²) in [7, 11) is 0. The van der Waals surface area contributed by atoms with E-state index in [9.17, 15) is 9.59 Å². The van der Waals surface area contributed by atoms with Gasteiger partial charge in [-0.05, 0) is 49.6 Å². The van der Waals surface area contributed by atoms with Gasteiger partial charge in [-0.2, -0.15) is 5.26 Å². The highest BCUT2D eigenvalue weighted by Gasteiger charge is 2.31. The van der Waals surface area contributed by atoms with E-state index in [1.54, 1.807) is 29.3 Å². The fourth-order valence-corrected chi connectivity index (χ4v) is 4.97. The van der Waals surface area contributed by atoms with Crippen LogP contribution < -0.4 is 20.9 Å². The highest BCUT2D eigenvalue weighted by molar-refractivity contribution is 5.98. The highest BCUT2D eigenvalue weighted by atomic mass is 19.1. The van der Waals surface area contributed by atoms with Gasteiger partial charge >= 0.3 is 0 Å². The van der Waals surface area contributed by atoms with E-state index >= 15 is 4.39 Å².